The molecule has 4 saturated carbocycles. The zero-order valence-electron chi connectivity index (χ0n) is 22.0. The molecule has 7 unspecified atom stereocenters. The number of carbonyl (C=O) groups excluding carboxylic acids is 2. The first-order valence-electron chi connectivity index (χ1n) is 13.4. The van der Waals surface area contributed by atoms with Crippen molar-refractivity contribution in [2.75, 3.05) is 0 Å². The van der Waals surface area contributed by atoms with Gasteiger partial charge in [0.05, 0.1) is 0 Å². The third-order valence-electron chi connectivity index (χ3n) is 12.5. The van der Waals surface area contributed by atoms with Gasteiger partial charge in [0.1, 0.15) is 5.78 Å². The van der Waals surface area contributed by atoms with Gasteiger partial charge in [0, 0.05) is 17.8 Å². The lowest BCUT2D eigenvalue weighted by molar-refractivity contribution is -0.187. The predicted octanol–water partition coefficient (Wildman–Crippen LogP) is 7.56. The molecule has 32 heavy (non-hydrogen) atoms. The Balaban J connectivity index is 1.64. The molecule has 0 saturated heterocycles. The van der Waals surface area contributed by atoms with Crippen LogP contribution in [0.3, 0.4) is 0 Å². The van der Waals surface area contributed by atoms with Crippen molar-refractivity contribution in [3.8, 4) is 0 Å². The first kappa shape index (κ1) is 22.9. The molecule has 5 rings (SSSR count). The van der Waals surface area contributed by atoms with Crippen molar-refractivity contribution >= 4 is 11.6 Å². The number of allylic oxidation sites excluding steroid dienone is 2. The molecule has 0 heterocycles. The Morgan fingerprint density at radius 2 is 1.47 bits per heavy atom. The van der Waals surface area contributed by atoms with Gasteiger partial charge in [0.25, 0.3) is 0 Å². The van der Waals surface area contributed by atoms with Crippen molar-refractivity contribution in [3.05, 3.63) is 11.6 Å². The Morgan fingerprint density at radius 1 is 0.812 bits per heavy atom. The van der Waals surface area contributed by atoms with Crippen LogP contribution in [0.1, 0.15) is 113 Å². The van der Waals surface area contributed by atoms with Crippen LogP contribution in [-0.2, 0) is 9.59 Å². The third-order valence-corrected chi connectivity index (χ3v) is 12.5. The standard InChI is InChI=1S/C30H46O2/c1-25(2)13-14-27(5)15-16-29(7)19(20(27)18-25)17-21(31)24-28(6)11-10-23(32)26(3,4)22(28)9-12-30(24,29)8/h17,20,22,24H,9-16,18H2,1-8H3. The molecule has 7 atom stereocenters. The molecule has 4 fully saturated rings. The molecule has 0 radical (unpaired) electrons. The Kier molecular flexibility index (Phi) is 4.57. The van der Waals surface area contributed by atoms with Crippen LogP contribution in [0, 0.1) is 50.2 Å². The quantitative estimate of drug-likeness (QED) is 0.391. The molecule has 0 N–H and O–H groups in total. The van der Waals surface area contributed by atoms with E-state index >= 15 is 0 Å². The van der Waals surface area contributed by atoms with Crippen molar-refractivity contribution in [2.45, 2.75) is 113 Å². The highest BCUT2D eigenvalue weighted by Gasteiger charge is 2.70. The maximum Gasteiger partial charge on any atom is 0.159 e. The average molecular weight is 439 g/mol. The second-order valence-electron chi connectivity index (χ2n) is 15.0. The summed E-state index contributed by atoms with van der Waals surface area (Å²) >= 11 is 0. The first-order valence-corrected chi connectivity index (χ1v) is 13.4. The summed E-state index contributed by atoms with van der Waals surface area (Å²) in [6.07, 6.45) is 12.2. The van der Waals surface area contributed by atoms with Gasteiger partial charge in [0.2, 0.25) is 0 Å². The summed E-state index contributed by atoms with van der Waals surface area (Å²) in [6, 6.07) is 0. The fourth-order valence-corrected chi connectivity index (χ4v) is 10.1. The summed E-state index contributed by atoms with van der Waals surface area (Å²) in [7, 11) is 0. The van der Waals surface area contributed by atoms with E-state index < -0.39 is 0 Å². The van der Waals surface area contributed by atoms with Crippen molar-refractivity contribution in [1.29, 1.82) is 0 Å². The van der Waals surface area contributed by atoms with Gasteiger partial charge in [-0.05, 0) is 96.4 Å². The van der Waals surface area contributed by atoms with Gasteiger partial charge in [-0.25, -0.2) is 0 Å². The molecule has 0 aromatic rings. The summed E-state index contributed by atoms with van der Waals surface area (Å²) in [5.74, 6) is 1.72. The van der Waals surface area contributed by atoms with E-state index in [0.717, 1.165) is 19.3 Å². The Morgan fingerprint density at radius 3 is 2.16 bits per heavy atom. The Hall–Kier alpha value is -0.920. The minimum Gasteiger partial charge on any atom is -0.299 e. The van der Waals surface area contributed by atoms with Crippen molar-refractivity contribution in [2.24, 2.45) is 50.2 Å². The fraction of sp³-hybridized carbons (Fsp3) is 0.867. The van der Waals surface area contributed by atoms with E-state index in [1.54, 1.807) is 0 Å². The second-order valence-corrected chi connectivity index (χ2v) is 15.0. The molecule has 2 heteroatoms. The lowest BCUT2D eigenvalue weighted by Gasteiger charge is -2.70. The van der Waals surface area contributed by atoms with Crippen LogP contribution in [0.15, 0.2) is 11.6 Å². The van der Waals surface area contributed by atoms with Crippen molar-refractivity contribution < 1.29 is 9.59 Å². The monoisotopic (exact) mass is 438 g/mol. The topological polar surface area (TPSA) is 34.1 Å². The second kappa shape index (κ2) is 6.39. The number of fused-ring (bicyclic) bond motifs is 7. The summed E-state index contributed by atoms with van der Waals surface area (Å²) in [6.45, 7) is 19.1. The van der Waals surface area contributed by atoms with E-state index in [4.69, 9.17) is 0 Å². The van der Waals surface area contributed by atoms with Crippen LogP contribution in [0.2, 0.25) is 0 Å². The molecule has 0 aromatic carbocycles. The summed E-state index contributed by atoms with van der Waals surface area (Å²) < 4.78 is 0. The number of Topliss-reactive ketones (excluding diaryl/α,β-unsaturated/α-hetero) is 1. The average Bonchev–Trinajstić information content (AvgIpc) is 2.68. The van der Waals surface area contributed by atoms with Crippen LogP contribution in [0.25, 0.3) is 0 Å². The number of rotatable bonds is 0. The summed E-state index contributed by atoms with van der Waals surface area (Å²) in [5.41, 5.74) is 1.95. The van der Waals surface area contributed by atoms with Gasteiger partial charge < -0.3 is 0 Å². The molecule has 0 amide bonds. The molecule has 2 nitrogen and oxygen atoms in total. The molecule has 0 spiro atoms. The lowest BCUT2D eigenvalue weighted by atomic mass is 9.33. The van der Waals surface area contributed by atoms with Crippen LogP contribution < -0.4 is 0 Å². The number of hydrogen-bond donors (Lipinski definition) is 0. The first-order chi connectivity index (χ1) is 14.6. The molecule has 178 valence electrons. The zero-order valence-corrected chi connectivity index (χ0v) is 22.0. The molecule has 5 aliphatic carbocycles. The molecular formula is C30H46O2. The van der Waals surface area contributed by atoms with E-state index in [-0.39, 0.29) is 27.6 Å². The Bertz CT molecular complexity index is 908. The minimum absolute atomic E-state index is 0.00119. The molecule has 0 aromatic heterocycles. The van der Waals surface area contributed by atoms with Gasteiger partial charge >= 0.3 is 0 Å². The molecule has 0 bridgehead atoms. The SMILES string of the molecule is CC1(C)CCC2(C)CCC3(C)C(=CC(=O)C4C5(C)CCC(=O)C(C)(C)C5CCC43C)C2C1. The van der Waals surface area contributed by atoms with E-state index in [1.807, 2.05) is 0 Å². The van der Waals surface area contributed by atoms with Gasteiger partial charge in [-0.15, -0.1) is 0 Å². The predicted molar refractivity (Wildman–Crippen MR) is 130 cm³/mol. The van der Waals surface area contributed by atoms with E-state index in [9.17, 15) is 9.59 Å². The third kappa shape index (κ3) is 2.65. The maximum absolute atomic E-state index is 14.2. The van der Waals surface area contributed by atoms with Gasteiger partial charge in [-0.2, -0.15) is 0 Å². The van der Waals surface area contributed by atoms with Crippen LogP contribution >= 0.6 is 0 Å². The molecular weight excluding hydrogens is 392 g/mol. The molecule has 5 aliphatic rings. The zero-order chi connectivity index (χ0) is 23.5. The normalized spacial score (nSPS) is 51.6. The minimum atomic E-state index is -0.308. The van der Waals surface area contributed by atoms with Crippen molar-refractivity contribution in [1.82, 2.24) is 0 Å². The van der Waals surface area contributed by atoms with Crippen LogP contribution in [-0.4, -0.2) is 11.6 Å². The highest BCUT2D eigenvalue weighted by molar-refractivity contribution is 5.96. The highest BCUT2D eigenvalue weighted by Crippen LogP contribution is 2.74. The van der Waals surface area contributed by atoms with Crippen LogP contribution in [0.5, 0.6) is 0 Å². The van der Waals surface area contributed by atoms with Crippen molar-refractivity contribution in [3.63, 3.8) is 0 Å². The maximum atomic E-state index is 14.2. The highest BCUT2D eigenvalue weighted by atomic mass is 16.1. The van der Waals surface area contributed by atoms with Gasteiger partial charge in [0.15, 0.2) is 5.78 Å². The van der Waals surface area contributed by atoms with Gasteiger partial charge in [-0.1, -0.05) is 61.0 Å². The van der Waals surface area contributed by atoms with Crippen LogP contribution in [0.4, 0.5) is 0 Å². The Labute approximate surface area is 196 Å². The largest absolute Gasteiger partial charge is 0.299 e. The number of ketones is 2. The summed E-state index contributed by atoms with van der Waals surface area (Å²) in [5, 5.41) is 0. The molecule has 0 aliphatic heterocycles. The van der Waals surface area contributed by atoms with E-state index in [0.29, 0.717) is 40.7 Å². The smallest absolute Gasteiger partial charge is 0.159 e. The van der Waals surface area contributed by atoms with E-state index in [1.165, 1.54) is 37.7 Å². The van der Waals surface area contributed by atoms with E-state index in [2.05, 4.69) is 61.5 Å². The summed E-state index contributed by atoms with van der Waals surface area (Å²) in [4.78, 5) is 27.0. The lowest BCUT2D eigenvalue weighted by Crippen LogP contribution is -2.66. The number of hydrogen-bond acceptors (Lipinski definition) is 2. The van der Waals surface area contributed by atoms with Gasteiger partial charge in [-0.3, -0.25) is 9.59 Å². The fourth-order valence-electron chi connectivity index (χ4n) is 10.1. The number of carbonyl (C=O) groups is 2.